The average molecular weight is 216 g/mol. The van der Waals surface area contributed by atoms with Gasteiger partial charge in [-0.25, -0.2) is 9.50 Å². The summed E-state index contributed by atoms with van der Waals surface area (Å²) in [5.74, 6) is 0.854. The highest BCUT2D eigenvalue weighted by molar-refractivity contribution is 7.71. The van der Waals surface area contributed by atoms with Gasteiger partial charge in [0, 0.05) is 5.39 Å². The summed E-state index contributed by atoms with van der Waals surface area (Å²) in [7, 11) is 0. The minimum atomic E-state index is 0.483. The second kappa shape index (κ2) is 2.87. The van der Waals surface area contributed by atoms with Gasteiger partial charge >= 0.3 is 0 Å². The standard InChI is InChI=1S/C10H8N4S/c1-6-11-8-5-3-2-4-7(8)9-12-10(15)13-14(6)9/h2-5H,1H3,(H,13,15). The molecule has 3 rings (SSSR count). The van der Waals surface area contributed by atoms with E-state index in [1.54, 1.807) is 0 Å². The fraction of sp³-hybridized carbons (Fsp3) is 0.100. The number of benzene rings is 1. The molecule has 0 radical (unpaired) electrons. The van der Waals surface area contributed by atoms with Gasteiger partial charge in [0.2, 0.25) is 4.77 Å². The third-order valence-corrected chi connectivity index (χ3v) is 2.56. The van der Waals surface area contributed by atoms with Gasteiger partial charge in [-0.15, -0.1) is 0 Å². The Labute approximate surface area is 90.6 Å². The summed E-state index contributed by atoms with van der Waals surface area (Å²) in [5.41, 5.74) is 1.78. The number of H-pyrrole nitrogens is 1. The maximum absolute atomic E-state index is 5.02. The SMILES string of the molecule is Cc1nc2ccccc2c2nc(=S)[nH]n12. The molecule has 1 N–H and O–H groups in total. The molecule has 0 aliphatic carbocycles. The van der Waals surface area contributed by atoms with E-state index in [4.69, 9.17) is 12.2 Å². The van der Waals surface area contributed by atoms with Crippen LogP contribution >= 0.6 is 12.2 Å². The molecule has 0 spiro atoms. The summed E-state index contributed by atoms with van der Waals surface area (Å²) in [5, 5.41) is 3.99. The molecule has 1 aromatic carbocycles. The molecule has 74 valence electrons. The molecule has 3 aromatic rings. The molecule has 0 unspecified atom stereocenters. The summed E-state index contributed by atoms with van der Waals surface area (Å²) in [6.07, 6.45) is 0. The van der Waals surface area contributed by atoms with Crippen molar-refractivity contribution in [2.45, 2.75) is 6.92 Å². The molecule has 0 amide bonds. The number of nitrogens with zero attached hydrogens (tertiary/aromatic N) is 3. The van der Waals surface area contributed by atoms with Crippen LogP contribution in [0.4, 0.5) is 0 Å². The van der Waals surface area contributed by atoms with Gasteiger partial charge in [0.25, 0.3) is 0 Å². The van der Waals surface area contributed by atoms with Crippen molar-refractivity contribution in [3.05, 3.63) is 34.9 Å². The average Bonchev–Trinajstić information content (AvgIpc) is 2.61. The Morgan fingerprint density at radius 3 is 2.93 bits per heavy atom. The Hall–Kier alpha value is -1.75. The highest BCUT2D eigenvalue weighted by Crippen LogP contribution is 2.16. The number of hydrogen-bond donors (Lipinski definition) is 1. The Morgan fingerprint density at radius 1 is 1.27 bits per heavy atom. The molecule has 0 saturated carbocycles. The summed E-state index contributed by atoms with van der Waals surface area (Å²) in [4.78, 5) is 8.75. The number of fused-ring (bicyclic) bond motifs is 3. The molecule has 0 saturated heterocycles. The normalized spacial score (nSPS) is 11.3. The third kappa shape index (κ3) is 1.16. The van der Waals surface area contributed by atoms with Crippen LogP contribution in [0.25, 0.3) is 16.6 Å². The molecule has 0 atom stereocenters. The molecule has 5 heteroatoms. The van der Waals surface area contributed by atoms with Crippen LogP contribution in [0.2, 0.25) is 0 Å². The first kappa shape index (κ1) is 8.55. The Kier molecular flexibility index (Phi) is 1.63. The van der Waals surface area contributed by atoms with E-state index in [1.165, 1.54) is 0 Å². The molecule has 0 aliphatic rings. The van der Waals surface area contributed by atoms with Crippen molar-refractivity contribution in [2.24, 2.45) is 0 Å². The lowest BCUT2D eigenvalue weighted by molar-refractivity contribution is 0.871. The van der Waals surface area contributed by atoms with Gasteiger partial charge in [0.15, 0.2) is 5.65 Å². The van der Waals surface area contributed by atoms with Gasteiger partial charge in [-0.1, -0.05) is 12.1 Å². The van der Waals surface area contributed by atoms with Crippen LogP contribution in [0.3, 0.4) is 0 Å². The number of nitrogens with one attached hydrogen (secondary N) is 1. The predicted octanol–water partition coefficient (Wildman–Crippen LogP) is 2.25. The molecule has 0 bridgehead atoms. The Morgan fingerprint density at radius 2 is 2.07 bits per heavy atom. The lowest BCUT2D eigenvalue weighted by Gasteiger charge is -2.02. The summed E-state index contributed by atoms with van der Waals surface area (Å²) in [6.45, 7) is 1.92. The van der Waals surface area contributed by atoms with Crippen molar-refractivity contribution in [1.29, 1.82) is 0 Å². The number of rotatable bonds is 0. The van der Waals surface area contributed by atoms with Crippen molar-refractivity contribution >= 4 is 28.8 Å². The van der Waals surface area contributed by atoms with Crippen LogP contribution in [0, 0.1) is 11.7 Å². The van der Waals surface area contributed by atoms with Crippen molar-refractivity contribution in [1.82, 2.24) is 19.6 Å². The molecule has 2 heterocycles. The summed E-state index contributed by atoms with van der Waals surface area (Å²) < 4.78 is 2.29. The second-order valence-corrected chi connectivity index (χ2v) is 3.75. The highest BCUT2D eigenvalue weighted by atomic mass is 32.1. The van der Waals surface area contributed by atoms with E-state index in [-0.39, 0.29) is 0 Å². The zero-order valence-corrected chi connectivity index (χ0v) is 8.88. The molecule has 0 aliphatic heterocycles. The quantitative estimate of drug-likeness (QED) is 0.586. The van der Waals surface area contributed by atoms with Gasteiger partial charge in [-0.3, -0.25) is 5.10 Å². The molecule has 0 fully saturated rings. The topological polar surface area (TPSA) is 46.0 Å². The minimum Gasteiger partial charge on any atom is -0.265 e. The highest BCUT2D eigenvalue weighted by Gasteiger charge is 2.05. The van der Waals surface area contributed by atoms with Crippen LogP contribution in [0.15, 0.2) is 24.3 Å². The third-order valence-electron chi connectivity index (χ3n) is 2.38. The van der Waals surface area contributed by atoms with E-state index in [2.05, 4.69) is 15.1 Å². The van der Waals surface area contributed by atoms with Crippen LogP contribution < -0.4 is 0 Å². The number of para-hydroxylation sites is 1. The zero-order valence-electron chi connectivity index (χ0n) is 8.06. The maximum Gasteiger partial charge on any atom is 0.214 e. The predicted molar refractivity (Wildman–Crippen MR) is 60.4 cm³/mol. The molecule has 4 nitrogen and oxygen atoms in total. The Bertz CT molecular complexity index is 710. The van der Waals surface area contributed by atoms with Crippen LogP contribution in [-0.2, 0) is 0 Å². The largest absolute Gasteiger partial charge is 0.265 e. The lowest BCUT2D eigenvalue weighted by Crippen LogP contribution is -1.97. The molecule has 15 heavy (non-hydrogen) atoms. The lowest BCUT2D eigenvalue weighted by atomic mass is 10.2. The van der Waals surface area contributed by atoms with E-state index in [9.17, 15) is 0 Å². The maximum atomic E-state index is 5.02. The molecular weight excluding hydrogens is 208 g/mol. The summed E-state index contributed by atoms with van der Waals surface area (Å²) in [6, 6.07) is 7.90. The van der Waals surface area contributed by atoms with Gasteiger partial charge in [-0.2, -0.15) is 4.98 Å². The van der Waals surface area contributed by atoms with Gasteiger partial charge in [0.1, 0.15) is 5.82 Å². The fourth-order valence-corrected chi connectivity index (χ4v) is 1.90. The van der Waals surface area contributed by atoms with Crippen LogP contribution in [0.1, 0.15) is 5.82 Å². The van der Waals surface area contributed by atoms with Crippen LogP contribution in [0.5, 0.6) is 0 Å². The zero-order chi connectivity index (χ0) is 10.4. The van der Waals surface area contributed by atoms with Crippen molar-refractivity contribution in [2.75, 3.05) is 0 Å². The number of hydrogen-bond acceptors (Lipinski definition) is 3. The first-order chi connectivity index (χ1) is 7.25. The van der Waals surface area contributed by atoms with E-state index in [0.717, 1.165) is 22.4 Å². The van der Waals surface area contributed by atoms with Gasteiger partial charge in [-0.05, 0) is 31.3 Å². The van der Waals surface area contributed by atoms with Crippen molar-refractivity contribution in [3.8, 4) is 0 Å². The fourth-order valence-electron chi connectivity index (χ4n) is 1.72. The Balaban J connectivity index is 2.69. The van der Waals surface area contributed by atoms with Gasteiger partial charge in [0.05, 0.1) is 5.52 Å². The monoisotopic (exact) mass is 216 g/mol. The number of aromatic nitrogens is 4. The van der Waals surface area contributed by atoms with Crippen molar-refractivity contribution < 1.29 is 0 Å². The smallest absolute Gasteiger partial charge is 0.214 e. The van der Waals surface area contributed by atoms with Crippen molar-refractivity contribution in [3.63, 3.8) is 0 Å². The summed E-state index contributed by atoms with van der Waals surface area (Å²) >= 11 is 5.02. The minimum absolute atomic E-state index is 0.483. The van der Waals surface area contributed by atoms with E-state index >= 15 is 0 Å². The van der Waals surface area contributed by atoms with Gasteiger partial charge < -0.3 is 0 Å². The first-order valence-corrected chi connectivity index (χ1v) is 5.00. The van der Waals surface area contributed by atoms with E-state index in [1.807, 2.05) is 35.7 Å². The number of aromatic amines is 1. The number of aryl methyl sites for hydroxylation is 1. The first-order valence-electron chi connectivity index (χ1n) is 4.60. The van der Waals surface area contributed by atoms with Crippen LogP contribution in [-0.4, -0.2) is 19.6 Å². The second-order valence-electron chi connectivity index (χ2n) is 3.36. The van der Waals surface area contributed by atoms with E-state index < -0.39 is 0 Å². The molecule has 2 aromatic heterocycles. The van der Waals surface area contributed by atoms with E-state index in [0.29, 0.717) is 4.77 Å². The molecular formula is C10H8N4S.